The highest BCUT2D eigenvalue weighted by molar-refractivity contribution is 5.73. The lowest BCUT2D eigenvalue weighted by Gasteiger charge is -2.27. The Kier molecular flexibility index (Phi) is 8.43. The van der Waals surface area contributed by atoms with Crippen LogP contribution in [0, 0.1) is 0 Å². The molecule has 0 atom stereocenters. The molecule has 2 aliphatic rings. The van der Waals surface area contributed by atoms with Crippen LogP contribution in [0.2, 0.25) is 0 Å². The summed E-state index contributed by atoms with van der Waals surface area (Å²) in [4.78, 5) is 15.4. The number of anilines is 2. The van der Waals surface area contributed by atoms with E-state index < -0.39 is 11.7 Å². The van der Waals surface area contributed by atoms with Gasteiger partial charge in [-0.25, -0.2) is 4.98 Å². The van der Waals surface area contributed by atoms with E-state index in [4.69, 9.17) is 0 Å². The molecule has 1 aliphatic carbocycles. The van der Waals surface area contributed by atoms with Crippen molar-refractivity contribution in [2.75, 3.05) is 30.3 Å². The molecule has 0 spiro atoms. The van der Waals surface area contributed by atoms with Crippen LogP contribution in [0.5, 0.6) is 0 Å². The van der Waals surface area contributed by atoms with Gasteiger partial charge in [-0.15, -0.1) is 0 Å². The van der Waals surface area contributed by atoms with E-state index in [0.29, 0.717) is 36.7 Å². The normalized spacial score (nSPS) is 21.3. The Morgan fingerprint density at radius 1 is 1.09 bits per heavy atom. The number of nitrogens with zero attached hydrogens (tertiary/aromatic N) is 4. The molecule has 192 valence electrons. The Hall–Kier alpha value is -2.46. The monoisotopic (exact) mass is 492 g/mol. The summed E-state index contributed by atoms with van der Waals surface area (Å²) in [5, 5.41) is 16.4. The largest absolute Gasteiger partial charge is 0.416 e. The van der Waals surface area contributed by atoms with Gasteiger partial charge in [-0.3, -0.25) is 9.88 Å². The smallest absolute Gasteiger partial charge is 0.393 e. The molecule has 0 bridgehead atoms. The molecule has 1 saturated carbocycles. The molecule has 2 fully saturated rings. The van der Waals surface area contributed by atoms with Crippen LogP contribution in [0.3, 0.4) is 0 Å². The van der Waals surface area contributed by atoms with Gasteiger partial charge in [-0.1, -0.05) is 13.3 Å². The topological polar surface area (TPSA) is 86.2 Å². The third kappa shape index (κ3) is 6.82. The Morgan fingerprint density at radius 2 is 1.83 bits per heavy atom. The minimum absolute atomic E-state index is 0.0760. The molecule has 35 heavy (non-hydrogen) atoms. The van der Waals surface area contributed by atoms with E-state index in [1.165, 1.54) is 6.20 Å². The minimum Gasteiger partial charge on any atom is -0.393 e. The highest BCUT2D eigenvalue weighted by Gasteiger charge is 2.35. The molecule has 0 amide bonds. The maximum Gasteiger partial charge on any atom is 0.416 e. The summed E-state index contributed by atoms with van der Waals surface area (Å²) in [6.45, 7) is 4.67. The van der Waals surface area contributed by atoms with Crippen molar-refractivity contribution in [3.05, 3.63) is 29.6 Å². The van der Waals surface area contributed by atoms with Crippen LogP contribution in [0.1, 0.15) is 69.4 Å². The van der Waals surface area contributed by atoms with Gasteiger partial charge < -0.3 is 15.7 Å². The zero-order valence-corrected chi connectivity index (χ0v) is 20.2. The molecule has 1 aliphatic heterocycles. The molecule has 1 saturated heterocycles. The number of halogens is 3. The van der Waals surface area contributed by atoms with Gasteiger partial charge in [0.15, 0.2) is 0 Å². The van der Waals surface area contributed by atoms with Crippen LogP contribution >= 0.6 is 0 Å². The third-order valence-corrected chi connectivity index (χ3v) is 6.80. The van der Waals surface area contributed by atoms with E-state index >= 15 is 0 Å². The van der Waals surface area contributed by atoms with E-state index in [0.717, 1.165) is 57.7 Å². The van der Waals surface area contributed by atoms with Gasteiger partial charge in [0, 0.05) is 31.5 Å². The first-order valence-electron chi connectivity index (χ1n) is 12.7. The number of rotatable bonds is 9. The number of hydrogen-bond donors (Lipinski definition) is 3. The van der Waals surface area contributed by atoms with Crippen molar-refractivity contribution in [1.29, 1.82) is 0 Å². The van der Waals surface area contributed by atoms with E-state index in [1.807, 2.05) is 4.90 Å². The summed E-state index contributed by atoms with van der Waals surface area (Å²) < 4.78 is 42.1. The summed E-state index contributed by atoms with van der Waals surface area (Å²) in [5.41, 5.74) is 0.167. The predicted octanol–water partition coefficient (Wildman–Crippen LogP) is 5.08. The van der Waals surface area contributed by atoms with Crippen molar-refractivity contribution in [2.24, 2.45) is 0 Å². The average Bonchev–Trinajstić information content (AvgIpc) is 3.34. The number of likely N-dealkylation sites (tertiary alicyclic amines) is 1. The summed E-state index contributed by atoms with van der Waals surface area (Å²) in [6, 6.07) is 1.21. The average molecular weight is 493 g/mol. The summed E-state index contributed by atoms with van der Waals surface area (Å²) >= 11 is 0. The molecule has 2 aromatic rings. The predicted molar refractivity (Wildman–Crippen MR) is 130 cm³/mol. The number of alkyl halides is 3. The van der Waals surface area contributed by atoms with Crippen molar-refractivity contribution < 1.29 is 18.3 Å². The maximum absolute atomic E-state index is 14.0. The molecule has 3 N–H and O–H groups in total. The Bertz CT molecular complexity index is 972. The first-order chi connectivity index (χ1) is 16.8. The van der Waals surface area contributed by atoms with Crippen LogP contribution in [-0.2, 0) is 12.7 Å². The molecular formula is C25H35F3N6O. The van der Waals surface area contributed by atoms with Crippen molar-refractivity contribution in [2.45, 2.75) is 83.2 Å². The fourth-order valence-corrected chi connectivity index (χ4v) is 4.76. The van der Waals surface area contributed by atoms with E-state index in [9.17, 15) is 18.3 Å². The van der Waals surface area contributed by atoms with Gasteiger partial charge in [-0.2, -0.15) is 18.2 Å². The Labute approximate surface area is 204 Å². The number of pyridine rings is 1. The fraction of sp³-hybridized carbons (Fsp3) is 0.640. The lowest BCUT2D eigenvalue weighted by molar-refractivity contribution is -0.138. The number of unbranched alkanes of at least 4 members (excludes halogenated alkanes) is 1. The molecular weight excluding hydrogens is 457 g/mol. The zero-order valence-electron chi connectivity index (χ0n) is 20.2. The van der Waals surface area contributed by atoms with Crippen LogP contribution in [0.4, 0.5) is 24.9 Å². The maximum atomic E-state index is 14.0. The molecule has 0 unspecified atom stereocenters. The highest BCUT2D eigenvalue weighted by atomic mass is 19.4. The van der Waals surface area contributed by atoms with Crippen LogP contribution in [0.25, 0.3) is 11.3 Å². The molecule has 3 heterocycles. The number of aromatic nitrogens is 3. The van der Waals surface area contributed by atoms with Crippen LogP contribution < -0.4 is 10.6 Å². The van der Waals surface area contributed by atoms with Gasteiger partial charge in [0.1, 0.15) is 5.82 Å². The van der Waals surface area contributed by atoms with E-state index in [1.54, 1.807) is 6.20 Å². The third-order valence-electron chi connectivity index (χ3n) is 6.80. The van der Waals surface area contributed by atoms with E-state index in [-0.39, 0.29) is 29.9 Å². The van der Waals surface area contributed by atoms with Crippen molar-refractivity contribution in [3.8, 4) is 11.3 Å². The Balaban J connectivity index is 1.65. The molecule has 7 nitrogen and oxygen atoms in total. The first-order valence-corrected chi connectivity index (χ1v) is 12.7. The number of nitrogens with one attached hydrogen (secondary N) is 2. The number of aliphatic hydroxyl groups excluding tert-OH is 1. The summed E-state index contributed by atoms with van der Waals surface area (Å²) in [5.74, 6) is 0.899. The van der Waals surface area contributed by atoms with Gasteiger partial charge in [0.2, 0.25) is 5.95 Å². The standard InChI is InChI=1S/C25H35F3N6O/c1-2-3-10-29-24-31-15-20(23(33-24)32-18-6-8-19(35)9-7-18)22-13-21(25(26,27)28)17(14-30-22)16-34-11-4-5-12-34/h13-15,18-19,35H,2-12,16H2,1H3,(H2,29,31,32,33)/t18-,19-. The molecule has 0 aromatic carbocycles. The molecule has 0 radical (unpaired) electrons. The summed E-state index contributed by atoms with van der Waals surface area (Å²) in [7, 11) is 0. The molecule has 2 aromatic heterocycles. The summed E-state index contributed by atoms with van der Waals surface area (Å²) in [6.07, 6.45) is 5.01. The zero-order chi connectivity index (χ0) is 24.8. The fourth-order valence-electron chi connectivity index (χ4n) is 4.76. The highest BCUT2D eigenvalue weighted by Crippen LogP contribution is 2.36. The second-order valence-electron chi connectivity index (χ2n) is 9.59. The molecule has 4 rings (SSSR count). The Morgan fingerprint density at radius 3 is 2.51 bits per heavy atom. The van der Waals surface area contributed by atoms with Crippen molar-refractivity contribution >= 4 is 11.8 Å². The van der Waals surface area contributed by atoms with Crippen molar-refractivity contribution in [3.63, 3.8) is 0 Å². The van der Waals surface area contributed by atoms with Crippen LogP contribution in [0.15, 0.2) is 18.5 Å². The minimum atomic E-state index is -4.48. The van der Waals surface area contributed by atoms with Gasteiger partial charge in [0.25, 0.3) is 0 Å². The number of aliphatic hydroxyl groups is 1. The van der Waals surface area contributed by atoms with Gasteiger partial charge >= 0.3 is 6.18 Å². The van der Waals surface area contributed by atoms with Gasteiger partial charge in [-0.05, 0) is 69.7 Å². The van der Waals surface area contributed by atoms with Crippen LogP contribution in [-0.4, -0.2) is 56.7 Å². The van der Waals surface area contributed by atoms with Gasteiger partial charge in [0.05, 0.1) is 22.9 Å². The lowest BCUT2D eigenvalue weighted by atomic mass is 9.93. The second-order valence-corrected chi connectivity index (χ2v) is 9.59. The van der Waals surface area contributed by atoms with E-state index in [2.05, 4.69) is 32.5 Å². The quantitative estimate of drug-likeness (QED) is 0.421. The second kappa shape index (κ2) is 11.5. The number of hydrogen-bond acceptors (Lipinski definition) is 7. The lowest BCUT2D eigenvalue weighted by Crippen LogP contribution is -2.29. The van der Waals surface area contributed by atoms with Crippen molar-refractivity contribution in [1.82, 2.24) is 19.9 Å². The molecule has 10 heteroatoms. The SMILES string of the molecule is CCCCNc1ncc(-c2cc(C(F)(F)F)c(CN3CCCC3)cn2)c(N[C@H]2CC[C@H](O)CC2)n1. The first kappa shape index (κ1) is 25.6.